The second-order valence-electron chi connectivity index (χ2n) is 11.4. The number of hydrogen-bond acceptors (Lipinski definition) is 5. The third-order valence-corrected chi connectivity index (χ3v) is 8.84. The van der Waals surface area contributed by atoms with Crippen LogP contribution in [0.2, 0.25) is 0 Å². The summed E-state index contributed by atoms with van der Waals surface area (Å²) in [6.07, 6.45) is 11.5. The molecule has 1 atom stereocenters. The van der Waals surface area contributed by atoms with Gasteiger partial charge in [-0.3, -0.25) is 24.0 Å². The van der Waals surface area contributed by atoms with Gasteiger partial charge in [-0.15, -0.1) is 0 Å². The molecule has 1 aromatic rings. The third kappa shape index (κ3) is 4.78. The summed E-state index contributed by atoms with van der Waals surface area (Å²) >= 11 is 0. The zero-order chi connectivity index (χ0) is 25.3. The van der Waals surface area contributed by atoms with Crippen molar-refractivity contribution in [1.82, 2.24) is 29.8 Å². The van der Waals surface area contributed by atoms with E-state index >= 15 is 0 Å². The number of hydrogen-bond donors (Lipinski definition) is 1. The van der Waals surface area contributed by atoms with Gasteiger partial charge in [0.2, 0.25) is 5.91 Å². The maximum atomic E-state index is 13.5. The number of piperazine rings is 1. The molecule has 4 aliphatic rings. The molecule has 1 N–H and O–H groups in total. The first kappa shape index (κ1) is 25.2. The Morgan fingerprint density at radius 2 is 1.69 bits per heavy atom. The second-order valence-corrected chi connectivity index (χ2v) is 11.4. The van der Waals surface area contributed by atoms with E-state index < -0.39 is 5.54 Å². The Kier molecular flexibility index (Phi) is 7.37. The minimum Gasteiger partial charge on any atom is -0.351 e. The Bertz CT molecular complexity index is 972. The van der Waals surface area contributed by atoms with Crippen molar-refractivity contribution in [3.63, 3.8) is 0 Å². The van der Waals surface area contributed by atoms with E-state index in [1.807, 2.05) is 18.7 Å². The molecule has 198 valence electrons. The van der Waals surface area contributed by atoms with E-state index in [0.29, 0.717) is 37.1 Å². The number of fused-ring (bicyclic) bond motifs is 1. The fourth-order valence-electron chi connectivity index (χ4n) is 6.63. The van der Waals surface area contributed by atoms with Crippen LogP contribution in [-0.4, -0.2) is 92.5 Å². The number of rotatable bonds is 6. The Labute approximate surface area is 214 Å². The maximum Gasteiger partial charge on any atom is 0.274 e. The SMILES string of the molecule is CCCN1C(=O)c2cc(C(=O)N3CCN(C4CCCCC4)CC3)nn2C[C@]1(C)C(=O)NC1CCCC1. The molecule has 9 nitrogen and oxygen atoms in total. The number of aromatic nitrogens is 2. The van der Waals surface area contributed by atoms with E-state index in [0.717, 1.165) is 45.2 Å². The van der Waals surface area contributed by atoms with E-state index in [2.05, 4.69) is 15.3 Å². The lowest BCUT2D eigenvalue weighted by Gasteiger charge is -2.43. The predicted molar refractivity (Wildman–Crippen MR) is 137 cm³/mol. The zero-order valence-corrected chi connectivity index (χ0v) is 22.0. The number of nitrogens with one attached hydrogen (secondary N) is 1. The van der Waals surface area contributed by atoms with Crippen LogP contribution in [-0.2, 0) is 11.3 Å². The van der Waals surface area contributed by atoms with E-state index in [4.69, 9.17) is 0 Å². The molecular weight excluding hydrogens is 456 g/mol. The largest absolute Gasteiger partial charge is 0.351 e. The lowest BCUT2D eigenvalue weighted by molar-refractivity contribution is -0.133. The topological polar surface area (TPSA) is 90.8 Å². The molecule has 0 spiro atoms. The van der Waals surface area contributed by atoms with Crippen molar-refractivity contribution in [2.75, 3.05) is 32.7 Å². The molecule has 0 unspecified atom stereocenters. The van der Waals surface area contributed by atoms with Crippen molar-refractivity contribution in [3.05, 3.63) is 17.5 Å². The molecule has 36 heavy (non-hydrogen) atoms. The van der Waals surface area contributed by atoms with Gasteiger partial charge in [0.25, 0.3) is 11.8 Å². The number of amides is 3. The van der Waals surface area contributed by atoms with Crippen LogP contribution >= 0.6 is 0 Å². The summed E-state index contributed by atoms with van der Waals surface area (Å²) in [5.41, 5.74) is -0.319. The number of carbonyl (C=O) groups is 3. The molecule has 1 aromatic heterocycles. The average Bonchev–Trinajstić information content (AvgIpc) is 3.57. The molecular formula is C27H42N6O3. The highest BCUT2D eigenvalue weighted by atomic mass is 16.2. The molecule has 0 aromatic carbocycles. The predicted octanol–water partition coefficient (Wildman–Crippen LogP) is 2.66. The van der Waals surface area contributed by atoms with Gasteiger partial charge in [0, 0.05) is 50.9 Å². The summed E-state index contributed by atoms with van der Waals surface area (Å²) in [7, 11) is 0. The molecule has 5 rings (SSSR count). The van der Waals surface area contributed by atoms with E-state index in [1.54, 1.807) is 15.6 Å². The van der Waals surface area contributed by atoms with E-state index in [9.17, 15) is 14.4 Å². The molecule has 0 bridgehead atoms. The normalized spacial score (nSPS) is 26.3. The van der Waals surface area contributed by atoms with Crippen molar-refractivity contribution in [2.24, 2.45) is 0 Å². The van der Waals surface area contributed by atoms with Crippen LogP contribution in [0.3, 0.4) is 0 Å². The summed E-state index contributed by atoms with van der Waals surface area (Å²) in [6, 6.07) is 2.47. The first-order valence-electron chi connectivity index (χ1n) is 14.1. The van der Waals surface area contributed by atoms with Gasteiger partial charge in [0.05, 0.1) is 6.54 Å². The summed E-state index contributed by atoms with van der Waals surface area (Å²) < 4.78 is 1.59. The number of carbonyl (C=O) groups excluding carboxylic acids is 3. The van der Waals surface area contributed by atoms with E-state index in [1.165, 1.54) is 32.1 Å². The highest BCUT2D eigenvalue weighted by Crippen LogP contribution is 2.30. The average molecular weight is 499 g/mol. The molecule has 2 aliphatic heterocycles. The van der Waals surface area contributed by atoms with Crippen LogP contribution in [0.5, 0.6) is 0 Å². The van der Waals surface area contributed by atoms with Crippen molar-refractivity contribution in [1.29, 1.82) is 0 Å². The number of nitrogens with zero attached hydrogens (tertiary/aromatic N) is 5. The quantitative estimate of drug-likeness (QED) is 0.651. The van der Waals surface area contributed by atoms with Gasteiger partial charge >= 0.3 is 0 Å². The van der Waals surface area contributed by atoms with Gasteiger partial charge in [-0.05, 0) is 39.0 Å². The van der Waals surface area contributed by atoms with Gasteiger partial charge in [0.15, 0.2) is 5.69 Å². The Morgan fingerprint density at radius 1 is 1.03 bits per heavy atom. The minimum atomic E-state index is -1.03. The second kappa shape index (κ2) is 10.5. The first-order valence-corrected chi connectivity index (χ1v) is 14.1. The van der Waals surface area contributed by atoms with Crippen LogP contribution in [0.1, 0.15) is 99.0 Å². The van der Waals surface area contributed by atoms with Gasteiger partial charge in [-0.25, -0.2) is 0 Å². The Balaban J connectivity index is 1.29. The van der Waals surface area contributed by atoms with Crippen molar-refractivity contribution >= 4 is 17.7 Å². The lowest BCUT2D eigenvalue weighted by Crippen LogP contribution is -2.65. The Hall–Kier alpha value is -2.42. The molecule has 3 heterocycles. The summed E-state index contributed by atoms with van der Waals surface area (Å²) in [4.78, 5) is 46.5. The van der Waals surface area contributed by atoms with E-state index in [-0.39, 0.29) is 30.3 Å². The smallest absolute Gasteiger partial charge is 0.274 e. The molecule has 1 saturated heterocycles. The van der Waals surface area contributed by atoms with Crippen LogP contribution < -0.4 is 5.32 Å². The van der Waals surface area contributed by atoms with Gasteiger partial charge < -0.3 is 15.1 Å². The van der Waals surface area contributed by atoms with Crippen LogP contribution in [0, 0.1) is 0 Å². The molecule has 2 aliphatic carbocycles. The van der Waals surface area contributed by atoms with Crippen LogP contribution in [0.15, 0.2) is 6.07 Å². The van der Waals surface area contributed by atoms with Gasteiger partial charge in [-0.2, -0.15) is 5.10 Å². The minimum absolute atomic E-state index is 0.118. The molecule has 3 fully saturated rings. The lowest BCUT2D eigenvalue weighted by atomic mass is 9.94. The summed E-state index contributed by atoms with van der Waals surface area (Å²) in [5.74, 6) is -0.461. The monoisotopic (exact) mass is 498 g/mol. The Morgan fingerprint density at radius 3 is 2.36 bits per heavy atom. The molecule has 9 heteroatoms. The highest BCUT2D eigenvalue weighted by Gasteiger charge is 2.48. The van der Waals surface area contributed by atoms with Crippen molar-refractivity contribution < 1.29 is 14.4 Å². The summed E-state index contributed by atoms with van der Waals surface area (Å²) in [6.45, 7) is 7.77. The standard InChI is InChI=1S/C27H42N6O3/c1-3-13-32-25(35)23-18-22(24(34)31-16-14-30(15-17-31)21-11-5-4-6-12-21)29-33(23)19-27(32,2)26(36)28-20-9-7-8-10-20/h18,20-21H,3-17,19H2,1-2H3,(H,28,36)/t27-/m1/s1. The van der Waals surface area contributed by atoms with Gasteiger partial charge in [0.1, 0.15) is 11.2 Å². The molecule has 0 radical (unpaired) electrons. The highest BCUT2D eigenvalue weighted by molar-refractivity contribution is 6.02. The van der Waals surface area contributed by atoms with Crippen LogP contribution in [0.25, 0.3) is 0 Å². The zero-order valence-electron chi connectivity index (χ0n) is 22.0. The van der Waals surface area contributed by atoms with Crippen molar-refractivity contribution in [3.8, 4) is 0 Å². The fraction of sp³-hybridized carbons (Fsp3) is 0.778. The van der Waals surface area contributed by atoms with Gasteiger partial charge in [-0.1, -0.05) is 39.0 Å². The molecule has 2 saturated carbocycles. The first-order chi connectivity index (χ1) is 17.4. The fourth-order valence-corrected chi connectivity index (χ4v) is 6.63. The van der Waals surface area contributed by atoms with Crippen molar-refractivity contribution in [2.45, 2.75) is 102 Å². The summed E-state index contributed by atoms with van der Waals surface area (Å²) in [5, 5.41) is 7.76. The maximum absolute atomic E-state index is 13.5. The third-order valence-electron chi connectivity index (χ3n) is 8.84. The molecule has 3 amide bonds. The van der Waals surface area contributed by atoms with Crippen LogP contribution in [0.4, 0.5) is 0 Å².